The Bertz CT molecular complexity index is 463. The maximum atomic E-state index is 13.1. The summed E-state index contributed by atoms with van der Waals surface area (Å²) < 4.78 is 18.0. The zero-order valence-electron chi connectivity index (χ0n) is 9.05. The fourth-order valence-electron chi connectivity index (χ4n) is 1.25. The van der Waals surface area contributed by atoms with Crippen LogP contribution in [0.25, 0.3) is 5.03 Å². The fraction of sp³-hybridized carbons (Fsp3) is 0.250. The van der Waals surface area contributed by atoms with E-state index in [4.69, 9.17) is 21.6 Å². The maximum Gasteiger partial charge on any atom is 0.165 e. The molecule has 1 rings (SSSR count). The van der Waals surface area contributed by atoms with Gasteiger partial charge in [-0.2, -0.15) is 5.26 Å². The third-order valence-electron chi connectivity index (χ3n) is 2.16. The number of methoxy groups -OCH3 is 1. The van der Waals surface area contributed by atoms with Gasteiger partial charge in [-0.3, -0.25) is 0 Å². The molecule has 16 heavy (non-hydrogen) atoms. The lowest BCUT2D eigenvalue weighted by molar-refractivity contribution is 0.386. The van der Waals surface area contributed by atoms with Crippen molar-refractivity contribution in [1.82, 2.24) is 0 Å². The summed E-state index contributed by atoms with van der Waals surface area (Å²) in [6, 6.07) is 6.28. The molecule has 0 saturated heterocycles. The number of hydrogen-bond acceptors (Lipinski definition) is 2. The lowest BCUT2D eigenvalue weighted by Crippen LogP contribution is -1.90. The van der Waals surface area contributed by atoms with Crippen LogP contribution < -0.4 is 4.74 Å². The summed E-state index contributed by atoms with van der Waals surface area (Å²) in [4.78, 5) is 0. The van der Waals surface area contributed by atoms with Gasteiger partial charge in [-0.15, -0.1) is 0 Å². The molecule has 0 aromatic heterocycles. The topological polar surface area (TPSA) is 33.0 Å². The van der Waals surface area contributed by atoms with E-state index < -0.39 is 5.82 Å². The Labute approximate surface area is 98.9 Å². The molecule has 4 heteroatoms. The van der Waals surface area contributed by atoms with Crippen molar-refractivity contribution in [3.63, 3.8) is 0 Å². The summed E-state index contributed by atoms with van der Waals surface area (Å²) in [5.41, 5.74) is 1.05. The second-order valence-electron chi connectivity index (χ2n) is 3.11. The van der Waals surface area contributed by atoms with Gasteiger partial charge in [0.05, 0.1) is 18.2 Å². The molecule has 0 fully saturated rings. The molecule has 0 unspecified atom stereocenters. The number of ether oxygens (including phenoxy) is 1. The number of nitrogens with zero attached hydrogens (tertiary/aromatic N) is 1. The fourth-order valence-corrected chi connectivity index (χ4v) is 1.55. The lowest BCUT2D eigenvalue weighted by Gasteiger charge is -2.06. The molecular formula is C12H11ClFNO. The summed E-state index contributed by atoms with van der Waals surface area (Å²) in [5.74, 6) is -0.338. The first kappa shape index (κ1) is 12.5. The zero-order chi connectivity index (χ0) is 12.1. The lowest BCUT2D eigenvalue weighted by atomic mass is 10.1. The van der Waals surface area contributed by atoms with Gasteiger partial charge in [-0.05, 0) is 24.1 Å². The Hall–Kier alpha value is -1.53. The highest BCUT2D eigenvalue weighted by Gasteiger charge is 2.09. The molecule has 84 valence electrons. The van der Waals surface area contributed by atoms with Gasteiger partial charge in [0, 0.05) is 5.57 Å². The first-order valence-corrected chi connectivity index (χ1v) is 5.14. The third-order valence-corrected chi connectivity index (χ3v) is 2.60. The van der Waals surface area contributed by atoms with Crippen LogP contribution in [-0.2, 0) is 0 Å². The second-order valence-corrected chi connectivity index (χ2v) is 3.49. The number of rotatable bonds is 3. The van der Waals surface area contributed by atoms with Gasteiger partial charge in [0.25, 0.3) is 0 Å². The Morgan fingerprint density at radius 3 is 2.75 bits per heavy atom. The Morgan fingerprint density at radius 1 is 1.56 bits per heavy atom. The largest absolute Gasteiger partial charge is 0.494 e. The molecule has 0 aliphatic carbocycles. The molecular weight excluding hydrogens is 229 g/mol. The molecule has 0 bridgehead atoms. The van der Waals surface area contributed by atoms with Crippen molar-refractivity contribution in [3.05, 3.63) is 35.2 Å². The molecule has 0 atom stereocenters. The quantitative estimate of drug-likeness (QED) is 0.754. The molecule has 0 spiro atoms. The van der Waals surface area contributed by atoms with Crippen molar-refractivity contribution in [3.8, 4) is 11.8 Å². The predicted octanol–water partition coefficient (Wildman–Crippen LogP) is 3.72. The minimum Gasteiger partial charge on any atom is -0.494 e. The molecule has 0 N–H and O–H groups in total. The highest BCUT2D eigenvalue weighted by atomic mass is 35.5. The van der Waals surface area contributed by atoms with E-state index in [0.29, 0.717) is 22.6 Å². The van der Waals surface area contributed by atoms with Crippen molar-refractivity contribution in [2.45, 2.75) is 13.3 Å². The van der Waals surface area contributed by atoms with E-state index >= 15 is 0 Å². The predicted molar refractivity (Wildman–Crippen MR) is 61.6 cm³/mol. The minimum atomic E-state index is -0.453. The van der Waals surface area contributed by atoms with Crippen molar-refractivity contribution >= 4 is 16.6 Å². The number of nitriles is 1. The first-order valence-electron chi connectivity index (χ1n) is 4.76. The van der Waals surface area contributed by atoms with Gasteiger partial charge in [0.2, 0.25) is 0 Å². The van der Waals surface area contributed by atoms with Crippen molar-refractivity contribution in [2.75, 3.05) is 7.11 Å². The van der Waals surface area contributed by atoms with Crippen molar-refractivity contribution < 1.29 is 9.13 Å². The van der Waals surface area contributed by atoms with Crippen LogP contribution in [0.4, 0.5) is 4.39 Å². The first-order chi connectivity index (χ1) is 7.63. The van der Waals surface area contributed by atoms with Crippen molar-refractivity contribution in [1.29, 1.82) is 5.26 Å². The normalized spacial score (nSPS) is 11.7. The SMILES string of the molecule is CC/C(C#N)=C(/Cl)c1ccc(F)c(OC)c1. The highest BCUT2D eigenvalue weighted by Crippen LogP contribution is 2.28. The van der Waals surface area contributed by atoms with Crippen LogP contribution >= 0.6 is 11.6 Å². The van der Waals surface area contributed by atoms with E-state index in [-0.39, 0.29) is 5.75 Å². The zero-order valence-corrected chi connectivity index (χ0v) is 9.81. The highest BCUT2D eigenvalue weighted by molar-refractivity contribution is 6.49. The average Bonchev–Trinajstić information content (AvgIpc) is 2.31. The molecule has 2 nitrogen and oxygen atoms in total. The van der Waals surface area contributed by atoms with Crippen LogP contribution in [0.2, 0.25) is 0 Å². The number of hydrogen-bond donors (Lipinski definition) is 0. The van der Waals surface area contributed by atoms with E-state index in [1.54, 1.807) is 0 Å². The van der Waals surface area contributed by atoms with Gasteiger partial charge in [0.15, 0.2) is 11.6 Å². The van der Waals surface area contributed by atoms with Crippen LogP contribution in [0.1, 0.15) is 18.9 Å². The van der Waals surface area contributed by atoms with E-state index in [1.807, 2.05) is 13.0 Å². The molecule has 0 heterocycles. The van der Waals surface area contributed by atoms with E-state index in [9.17, 15) is 4.39 Å². The van der Waals surface area contributed by atoms with Crippen LogP contribution in [-0.4, -0.2) is 7.11 Å². The number of halogens is 2. The van der Waals surface area contributed by atoms with Gasteiger partial charge in [-0.1, -0.05) is 24.6 Å². The van der Waals surface area contributed by atoms with Crippen LogP contribution in [0.5, 0.6) is 5.75 Å². The number of benzene rings is 1. The molecule has 0 saturated carbocycles. The summed E-state index contributed by atoms with van der Waals surface area (Å²) >= 11 is 6.03. The van der Waals surface area contributed by atoms with Crippen molar-refractivity contribution in [2.24, 2.45) is 0 Å². The van der Waals surface area contributed by atoms with E-state index in [2.05, 4.69) is 0 Å². The van der Waals surface area contributed by atoms with Crippen LogP contribution in [0, 0.1) is 17.1 Å². The summed E-state index contributed by atoms with van der Waals surface area (Å²) in [5, 5.41) is 9.18. The molecule has 1 aromatic rings. The van der Waals surface area contributed by atoms with Gasteiger partial charge >= 0.3 is 0 Å². The summed E-state index contributed by atoms with van der Waals surface area (Å²) in [7, 11) is 1.38. The monoisotopic (exact) mass is 239 g/mol. The van der Waals surface area contributed by atoms with E-state index in [0.717, 1.165) is 0 Å². The molecule has 0 amide bonds. The second kappa shape index (κ2) is 5.53. The molecule has 0 aliphatic heterocycles. The molecule has 0 aliphatic rings. The molecule has 1 aromatic carbocycles. The maximum absolute atomic E-state index is 13.1. The third kappa shape index (κ3) is 2.53. The average molecular weight is 240 g/mol. The number of allylic oxidation sites excluding steroid dienone is 1. The van der Waals surface area contributed by atoms with Crippen LogP contribution in [0.3, 0.4) is 0 Å². The van der Waals surface area contributed by atoms with Gasteiger partial charge in [0.1, 0.15) is 0 Å². The molecule has 0 radical (unpaired) electrons. The Morgan fingerprint density at radius 2 is 2.25 bits per heavy atom. The Balaban J connectivity index is 3.25. The standard InChI is InChI=1S/C12H11ClFNO/c1-3-8(7-15)12(13)9-4-5-10(14)11(6-9)16-2/h4-6H,3H2,1-2H3/b12-8-. The minimum absolute atomic E-state index is 0.115. The van der Waals surface area contributed by atoms with E-state index in [1.165, 1.54) is 25.3 Å². The Kier molecular flexibility index (Phi) is 4.33. The summed E-state index contributed by atoms with van der Waals surface area (Å²) in [6.07, 6.45) is 0.537. The van der Waals surface area contributed by atoms with Gasteiger partial charge < -0.3 is 4.74 Å². The van der Waals surface area contributed by atoms with Crippen LogP contribution in [0.15, 0.2) is 23.8 Å². The van der Waals surface area contributed by atoms with Gasteiger partial charge in [-0.25, -0.2) is 4.39 Å². The summed E-state index contributed by atoms with van der Waals surface area (Å²) in [6.45, 7) is 1.84. The smallest absolute Gasteiger partial charge is 0.165 e.